The van der Waals surface area contributed by atoms with E-state index < -0.39 is 11.7 Å². The van der Waals surface area contributed by atoms with E-state index in [1.807, 2.05) is 0 Å². The highest BCUT2D eigenvalue weighted by molar-refractivity contribution is 5.90. The third-order valence-electron chi connectivity index (χ3n) is 4.23. The third kappa shape index (κ3) is 3.08. The number of halogens is 3. The molecule has 0 spiro atoms. The summed E-state index contributed by atoms with van der Waals surface area (Å²) in [6.45, 7) is 1.00. The van der Waals surface area contributed by atoms with E-state index in [0.29, 0.717) is 13.2 Å². The number of methoxy groups -OCH3 is 1. The van der Waals surface area contributed by atoms with Crippen molar-refractivity contribution in [3.8, 4) is 5.75 Å². The Morgan fingerprint density at radius 3 is 2.52 bits per heavy atom. The van der Waals surface area contributed by atoms with Crippen molar-refractivity contribution in [3.05, 3.63) is 23.8 Å². The first-order valence-corrected chi connectivity index (χ1v) is 7.32. The van der Waals surface area contributed by atoms with E-state index in [1.165, 1.54) is 19.2 Å². The highest BCUT2D eigenvalue weighted by Gasteiger charge is 2.40. The van der Waals surface area contributed by atoms with Gasteiger partial charge in [0.2, 0.25) is 0 Å². The Morgan fingerprint density at radius 1 is 1.30 bits per heavy atom. The van der Waals surface area contributed by atoms with Gasteiger partial charge in [-0.2, -0.15) is 13.2 Å². The number of nitrogens with one attached hydrogen (secondary N) is 1. The van der Waals surface area contributed by atoms with Crippen LogP contribution in [0.4, 0.5) is 23.7 Å². The molecule has 2 unspecified atom stereocenters. The van der Waals surface area contributed by atoms with Crippen LogP contribution in [-0.2, 0) is 10.9 Å². The highest BCUT2D eigenvalue weighted by atomic mass is 19.4. The highest BCUT2D eigenvalue weighted by Crippen LogP contribution is 2.37. The zero-order chi connectivity index (χ0) is 16.6. The Hall–Kier alpha value is -1.96. The van der Waals surface area contributed by atoms with Crippen LogP contribution >= 0.6 is 0 Å². The minimum absolute atomic E-state index is 0.0325. The molecule has 23 heavy (non-hydrogen) atoms. The quantitative estimate of drug-likeness (QED) is 0.906. The number of rotatable bonds is 2. The Bertz CT molecular complexity index is 590. The van der Waals surface area contributed by atoms with Crippen molar-refractivity contribution in [3.63, 3.8) is 0 Å². The van der Waals surface area contributed by atoms with E-state index in [1.54, 1.807) is 4.90 Å². The van der Waals surface area contributed by atoms with Gasteiger partial charge in [-0.25, -0.2) is 4.79 Å². The summed E-state index contributed by atoms with van der Waals surface area (Å²) in [5.74, 6) is -0.319. The van der Waals surface area contributed by atoms with Crippen LogP contribution in [0.2, 0.25) is 0 Å². The molecule has 2 amide bonds. The molecule has 5 nitrogen and oxygen atoms in total. The monoisotopic (exact) mass is 330 g/mol. The predicted molar refractivity (Wildman–Crippen MR) is 76.5 cm³/mol. The summed E-state index contributed by atoms with van der Waals surface area (Å²) >= 11 is 0. The Balaban J connectivity index is 1.76. The molecule has 1 aromatic carbocycles. The SMILES string of the molecule is COc1cc(NC(=O)N2C3CCC2COC3)ccc1C(F)(F)F. The number of morpholine rings is 1. The van der Waals surface area contributed by atoms with Crippen LogP contribution in [0.5, 0.6) is 5.75 Å². The number of nitrogens with zero attached hydrogens (tertiary/aromatic N) is 1. The predicted octanol–water partition coefficient (Wildman–Crippen LogP) is 3.11. The zero-order valence-electron chi connectivity index (χ0n) is 12.5. The molecule has 2 aliphatic rings. The molecule has 0 radical (unpaired) electrons. The van der Waals surface area contributed by atoms with Gasteiger partial charge in [0, 0.05) is 11.8 Å². The van der Waals surface area contributed by atoms with Crippen LogP contribution in [0, 0.1) is 0 Å². The first-order valence-electron chi connectivity index (χ1n) is 7.32. The molecule has 0 saturated carbocycles. The number of ether oxygens (including phenoxy) is 2. The largest absolute Gasteiger partial charge is 0.496 e. The molecule has 1 aromatic rings. The minimum Gasteiger partial charge on any atom is -0.496 e. The molecule has 2 fully saturated rings. The second kappa shape index (κ2) is 5.92. The second-order valence-electron chi connectivity index (χ2n) is 5.67. The van der Waals surface area contributed by atoms with E-state index in [9.17, 15) is 18.0 Å². The number of fused-ring (bicyclic) bond motifs is 2. The number of anilines is 1. The van der Waals surface area contributed by atoms with Crippen LogP contribution in [0.1, 0.15) is 18.4 Å². The molecule has 2 bridgehead atoms. The summed E-state index contributed by atoms with van der Waals surface area (Å²) in [6, 6.07) is 3.06. The lowest BCUT2D eigenvalue weighted by atomic mass is 10.1. The van der Waals surface area contributed by atoms with E-state index in [-0.39, 0.29) is 29.6 Å². The molecule has 2 heterocycles. The van der Waals surface area contributed by atoms with Gasteiger partial charge in [-0.1, -0.05) is 0 Å². The van der Waals surface area contributed by atoms with Crippen molar-refractivity contribution in [2.75, 3.05) is 25.6 Å². The molecule has 2 atom stereocenters. The van der Waals surface area contributed by atoms with E-state index in [4.69, 9.17) is 9.47 Å². The minimum atomic E-state index is -4.50. The van der Waals surface area contributed by atoms with Gasteiger partial charge >= 0.3 is 12.2 Å². The fraction of sp³-hybridized carbons (Fsp3) is 0.533. The van der Waals surface area contributed by atoms with Gasteiger partial charge in [0.05, 0.1) is 38.0 Å². The van der Waals surface area contributed by atoms with Crippen molar-refractivity contribution in [1.29, 1.82) is 0 Å². The smallest absolute Gasteiger partial charge is 0.419 e. The standard InChI is InChI=1S/C15H17F3N2O3/c1-22-13-6-9(2-5-12(13)15(16,17)18)19-14(21)20-10-3-4-11(20)8-23-7-10/h2,5-6,10-11H,3-4,7-8H2,1H3,(H,19,21). The van der Waals surface area contributed by atoms with Crippen molar-refractivity contribution in [1.82, 2.24) is 4.90 Å². The average molecular weight is 330 g/mol. The van der Waals surface area contributed by atoms with E-state index >= 15 is 0 Å². The maximum absolute atomic E-state index is 12.8. The van der Waals surface area contributed by atoms with Gasteiger partial charge in [-0.3, -0.25) is 0 Å². The van der Waals surface area contributed by atoms with Gasteiger partial charge in [0.25, 0.3) is 0 Å². The van der Waals surface area contributed by atoms with Crippen LogP contribution in [0.3, 0.4) is 0 Å². The molecule has 0 aliphatic carbocycles. The number of carbonyl (C=O) groups excluding carboxylic acids is 1. The number of alkyl halides is 3. The van der Waals surface area contributed by atoms with Crippen LogP contribution in [-0.4, -0.2) is 43.3 Å². The lowest BCUT2D eigenvalue weighted by molar-refractivity contribution is -0.138. The van der Waals surface area contributed by atoms with Crippen molar-refractivity contribution in [2.45, 2.75) is 31.1 Å². The van der Waals surface area contributed by atoms with Crippen LogP contribution < -0.4 is 10.1 Å². The fourth-order valence-corrected chi connectivity index (χ4v) is 3.15. The lowest BCUT2D eigenvalue weighted by Crippen LogP contribution is -2.50. The number of hydrogen-bond acceptors (Lipinski definition) is 3. The van der Waals surface area contributed by atoms with Crippen LogP contribution in [0.15, 0.2) is 18.2 Å². The van der Waals surface area contributed by atoms with E-state index in [0.717, 1.165) is 18.9 Å². The summed E-state index contributed by atoms with van der Waals surface area (Å²) in [7, 11) is 1.17. The Morgan fingerprint density at radius 2 is 1.96 bits per heavy atom. The topological polar surface area (TPSA) is 50.8 Å². The van der Waals surface area contributed by atoms with Gasteiger partial charge in [0.1, 0.15) is 5.75 Å². The molecular formula is C15H17F3N2O3. The number of carbonyl (C=O) groups is 1. The first-order chi connectivity index (χ1) is 10.9. The molecule has 0 aromatic heterocycles. The maximum Gasteiger partial charge on any atom is 0.419 e. The maximum atomic E-state index is 12.8. The normalized spacial score (nSPS) is 23.7. The molecule has 2 saturated heterocycles. The summed E-state index contributed by atoms with van der Waals surface area (Å²) < 4.78 is 48.7. The average Bonchev–Trinajstić information content (AvgIpc) is 2.75. The summed E-state index contributed by atoms with van der Waals surface area (Å²) in [5, 5.41) is 2.65. The summed E-state index contributed by atoms with van der Waals surface area (Å²) in [4.78, 5) is 14.1. The van der Waals surface area contributed by atoms with Crippen molar-refractivity contribution in [2.24, 2.45) is 0 Å². The van der Waals surface area contributed by atoms with E-state index in [2.05, 4.69) is 5.32 Å². The Kier molecular flexibility index (Phi) is 4.09. The summed E-state index contributed by atoms with van der Waals surface area (Å²) in [5.41, 5.74) is -0.602. The molecule has 126 valence electrons. The summed E-state index contributed by atoms with van der Waals surface area (Å²) in [6.07, 6.45) is -2.74. The molecule has 3 rings (SSSR count). The van der Waals surface area contributed by atoms with Gasteiger partial charge in [-0.15, -0.1) is 0 Å². The van der Waals surface area contributed by atoms with Gasteiger partial charge in [-0.05, 0) is 25.0 Å². The van der Waals surface area contributed by atoms with Gasteiger partial charge in [0.15, 0.2) is 0 Å². The molecule has 2 aliphatic heterocycles. The lowest BCUT2D eigenvalue weighted by Gasteiger charge is -2.34. The number of hydrogen-bond donors (Lipinski definition) is 1. The number of benzene rings is 1. The number of amides is 2. The Labute approximate surface area is 131 Å². The van der Waals surface area contributed by atoms with Crippen molar-refractivity contribution < 1.29 is 27.4 Å². The zero-order valence-corrected chi connectivity index (χ0v) is 12.5. The molecule has 8 heteroatoms. The van der Waals surface area contributed by atoms with Crippen LogP contribution in [0.25, 0.3) is 0 Å². The molecular weight excluding hydrogens is 313 g/mol. The second-order valence-corrected chi connectivity index (χ2v) is 5.67. The van der Waals surface area contributed by atoms with Crippen molar-refractivity contribution >= 4 is 11.7 Å². The first kappa shape index (κ1) is 15.9. The number of urea groups is 1. The van der Waals surface area contributed by atoms with Gasteiger partial charge < -0.3 is 19.7 Å². The molecule has 1 N–H and O–H groups in total. The third-order valence-corrected chi connectivity index (χ3v) is 4.23. The fourth-order valence-electron chi connectivity index (χ4n) is 3.15.